The molecule has 3 heterocycles. The predicted octanol–water partition coefficient (Wildman–Crippen LogP) is 1.76. The summed E-state index contributed by atoms with van der Waals surface area (Å²) in [4.78, 5) is 21.2. The van der Waals surface area contributed by atoms with E-state index in [0.29, 0.717) is 5.15 Å². The maximum atomic E-state index is 12.6. The molecule has 6 nitrogen and oxygen atoms in total. The van der Waals surface area contributed by atoms with Crippen LogP contribution >= 0.6 is 11.6 Å². The first-order valence-electron chi connectivity index (χ1n) is 7.85. The van der Waals surface area contributed by atoms with Gasteiger partial charge in [-0.1, -0.05) is 11.6 Å². The number of halogens is 1. The van der Waals surface area contributed by atoms with Gasteiger partial charge in [0.15, 0.2) is 0 Å². The second kappa shape index (κ2) is 6.76. The van der Waals surface area contributed by atoms with Crippen LogP contribution in [0.25, 0.3) is 0 Å². The molecule has 1 saturated heterocycles. The lowest BCUT2D eigenvalue weighted by atomic mass is 10.3. The van der Waals surface area contributed by atoms with Crippen molar-refractivity contribution in [1.29, 1.82) is 0 Å². The van der Waals surface area contributed by atoms with Crippen LogP contribution in [0, 0.1) is 0 Å². The molecule has 0 bridgehead atoms. The second-order valence-electron chi connectivity index (χ2n) is 5.98. The van der Waals surface area contributed by atoms with Gasteiger partial charge in [-0.2, -0.15) is 0 Å². The molecule has 0 radical (unpaired) electrons. The molecule has 23 heavy (non-hydrogen) atoms. The Hall–Kier alpha value is -1.79. The third-order valence-corrected chi connectivity index (χ3v) is 4.78. The highest BCUT2D eigenvalue weighted by Gasteiger charge is 2.22. The smallest absolute Gasteiger partial charge is 0.270 e. The zero-order valence-corrected chi connectivity index (χ0v) is 14.3. The molecule has 0 spiro atoms. The number of amides is 1. The van der Waals surface area contributed by atoms with Crippen molar-refractivity contribution in [2.24, 2.45) is 14.1 Å². The molecule has 0 N–H and O–H groups in total. The number of hydrogen-bond acceptors (Lipinski definition) is 3. The maximum Gasteiger partial charge on any atom is 0.270 e. The van der Waals surface area contributed by atoms with Crippen LogP contribution in [0.5, 0.6) is 0 Å². The summed E-state index contributed by atoms with van der Waals surface area (Å²) in [5.41, 5.74) is 0.745. The van der Waals surface area contributed by atoms with E-state index in [1.54, 1.807) is 6.20 Å². The Kier molecular flexibility index (Phi) is 4.73. The summed E-state index contributed by atoms with van der Waals surface area (Å²) in [6.45, 7) is 4.10. The van der Waals surface area contributed by atoms with Gasteiger partial charge in [-0.15, -0.1) is 0 Å². The van der Waals surface area contributed by atoms with Crippen molar-refractivity contribution < 1.29 is 4.79 Å². The maximum absolute atomic E-state index is 12.6. The number of imidazole rings is 1. The highest BCUT2D eigenvalue weighted by atomic mass is 35.5. The van der Waals surface area contributed by atoms with Gasteiger partial charge in [0.25, 0.3) is 5.91 Å². The van der Waals surface area contributed by atoms with E-state index in [4.69, 9.17) is 11.6 Å². The van der Waals surface area contributed by atoms with Crippen molar-refractivity contribution in [3.05, 3.63) is 41.2 Å². The SMILES string of the molecule is Cn1cccc1C(=O)N1CCCN(Cc2ncc(Cl)n2C)CC1. The topological polar surface area (TPSA) is 46.3 Å². The van der Waals surface area contributed by atoms with Crippen LogP contribution in [-0.2, 0) is 20.6 Å². The lowest BCUT2D eigenvalue weighted by Gasteiger charge is -2.22. The zero-order valence-electron chi connectivity index (χ0n) is 13.6. The molecule has 1 amide bonds. The Morgan fingerprint density at radius 1 is 1.26 bits per heavy atom. The number of nitrogens with zero attached hydrogens (tertiary/aromatic N) is 5. The van der Waals surface area contributed by atoms with Crippen LogP contribution in [0.1, 0.15) is 22.7 Å². The molecule has 0 unspecified atom stereocenters. The summed E-state index contributed by atoms with van der Waals surface area (Å²) in [5.74, 6) is 1.07. The molecular formula is C16H22ClN5O. The highest BCUT2D eigenvalue weighted by Crippen LogP contribution is 2.14. The Morgan fingerprint density at radius 3 is 2.74 bits per heavy atom. The fourth-order valence-electron chi connectivity index (χ4n) is 2.95. The molecule has 3 rings (SSSR count). The van der Waals surface area contributed by atoms with Gasteiger partial charge in [-0.25, -0.2) is 4.98 Å². The number of rotatable bonds is 3. The van der Waals surface area contributed by atoms with Crippen molar-refractivity contribution in [3.8, 4) is 0 Å². The van der Waals surface area contributed by atoms with Crippen molar-refractivity contribution in [2.75, 3.05) is 26.2 Å². The minimum atomic E-state index is 0.111. The van der Waals surface area contributed by atoms with Gasteiger partial charge < -0.3 is 14.0 Å². The highest BCUT2D eigenvalue weighted by molar-refractivity contribution is 6.29. The monoisotopic (exact) mass is 335 g/mol. The zero-order chi connectivity index (χ0) is 16.4. The average Bonchev–Trinajstić information content (AvgIpc) is 3.00. The number of carbonyl (C=O) groups excluding carboxylic acids is 1. The first-order chi connectivity index (χ1) is 11.1. The Morgan fingerprint density at radius 2 is 2.09 bits per heavy atom. The number of hydrogen-bond donors (Lipinski definition) is 0. The lowest BCUT2D eigenvalue weighted by Crippen LogP contribution is -2.36. The van der Waals surface area contributed by atoms with E-state index in [1.807, 2.05) is 46.5 Å². The van der Waals surface area contributed by atoms with Crippen LogP contribution in [0.4, 0.5) is 0 Å². The summed E-state index contributed by atoms with van der Waals surface area (Å²) < 4.78 is 3.78. The van der Waals surface area contributed by atoms with Crippen molar-refractivity contribution in [3.63, 3.8) is 0 Å². The summed E-state index contributed by atoms with van der Waals surface area (Å²) in [6, 6.07) is 3.78. The molecule has 1 aliphatic heterocycles. The first kappa shape index (κ1) is 16.1. The van der Waals surface area contributed by atoms with Crippen molar-refractivity contribution in [2.45, 2.75) is 13.0 Å². The number of aryl methyl sites for hydroxylation is 1. The van der Waals surface area contributed by atoms with Crippen LogP contribution in [0.2, 0.25) is 5.15 Å². The number of carbonyl (C=O) groups is 1. The minimum Gasteiger partial charge on any atom is -0.347 e. The van der Waals surface area contributed by atoms with Crippen LogP contribution in [-0.4, -0.2) is 56.0 Å². The summed E-state index contributed by atoms with van der Waals surface area (Å²) in [7, 11) is 3.83. The molecule has 2 aromatic rings. The largest absolute Gasteiger partial charge is 0.347 e. The van der Waals surface area contributed by atoms with E-state index in [9.17, 15) is 4.79 Å². The van der Waals surface area contributed by atoms with Gasteiger partial charge in [-0.3, -0.25) is 9.69 Å². The van der Waals surface area contributed by atoms with Gasteiger partial charge >= 0.3 is 0 Å². The fraction of sp³-hybridized carbons (Fsp3) is 0.500. The van der Waals surface area contributed by atoms with E-state index in [2.05, 4.69) is 9.88 Å². The normalized spacial score (nSPS) is 16.6. The van der Waals surface area contributed by atoms with Crippen LogP contribution in [0.15, 0.2) is 24.5 Å². The van der Waals surface area contributed by atoms with E-state index in [0.717, 1.165) is 50.7 Å². The average molecular weight is 336 g/mol. The minimum absolute atomic E-state index is 0.111. The molecule has 124 valence electrons. The molecule has 0 saturated carbocycles. The Bertz CT molecular complexity index is 692. The Balaban J connectivity index is 1.62. The molecule has 1 aliphatic rings. The molecule has 0 aliphatic carbocycles. The van der Waals surface area contributed by atoms with E-state index >= 15 is 0 Å². The van der Waals surface area contributed by atoms with Gasteiger partial charge in [0, 0.05) is 46.5 Å². The standard InChI is InChI=1S/C16H22ClN5O/c1-19-6-3-5-13(19)16(23)22-8-4-7-21(9-10-22)12-15-18-11-14(17)20(15)2/h3,5-6,11H,4,7-10,12H2,1-2H3. The molecule has 2 aromatic heterocycles. The summed E-state index contributed by atoms with van der Waals surface area (Å²) >= 11 is 6.04. The predicted molar refractivity (Wildman–Crippen MR) is 89.4 cm³/mol. The van der Waals surface area contributed by atoms with Gasteiger partial charge in [-0.05, 0) is 18.6 Å². The van der Waals surface area contributed by atoms with E-state index in [1.165, 1.54) is 0 Å². The lowest BCUT2D eigenvalue weighted by molar-refractivity contribution is 0.0751. The molecule has 0 aromatic carbocycles. The van der Waals surface area contributed by atoms with E-state index in [-0.39, 0.29) is 5.91 Å². The van der Waals surface area contributed by atoms with Gasteiger partial charge in [0.1, 0.15) is 16.7 Å². The third-order valence-electron chi connectivity index (χ3n) is 4.43. The molecular weight excluding hydrogens is 314 g/mol. The van der Waals surface area contributed by atoms with Crippen molar-refractivity contribution >= 4 is 17.5 Å². The Labute approximate surface area is 141 Å². The van der Waals surface area contributed by atoms with Crippen LogP contribution in [0.3, 0.4) is 0 Å². The second-order valence-corrected chi connectivity index (χ2v) is 6.37. The van der Waals surface area contributed by atoms with Gasteiger partial charge in [0.05, 0.1) is 12.7 Å². The summed E-state index contributed by atoms with van der Waals surface area (Å²) in [5, 5.41) is 0.648. The van der Waals surface area contributed by atoms with E-state index < -0.39 is 0 Å². The number of aromatic nitrogens is 3. The summed E-state index contributed by atoms with van der Waals surface area (Å²) in [6.07, 6.45) is 4.55. The van der Waals surface area contributed by atoms with Crippen molar-refractivity contribution in [1.82, 2.24) is 23.9 Å². The quantitative estimate of drug-likeness (QED) is 0.858. The third kappa shape index (κ3) is 3.43. The van der Waals surface area contributed by atoms with Gasteiger partial charge in [0.2, 0.25) is 0 Å². The fourth-order valence-corrected chi connectivity index (χ4v) is 3.09. The molecule has 7 heteroatoms. The van der Waals surface area contributed by atoms with Crippen LogP contribution < -0.4 is 0 Å². The first-order valence-corrected chi connectivity index (χ1v) is 8.23. The molecule has 1 fully saturated rings. The molecule has 0 atom stereocenters.